The van der Waals surface area contributed by atoms with Crippen molar-refractivity contribution >= 4 is 151 Å². The van der Waals surface area contributed by atoms with E-state index in [-0.39, 0.29) is 0 Å². The Morgan fingerprint density at radius 1 is 0.235 bits per heavy atom. The summed E-state index contributed by atoms with van der Waals surface area (Å²) in [5.74, 6) is 3.65. The number of nitrogens with zero attached hydrogens (tertiary/aromatic N) is 8. The molecule has 0 amide bonds. The van der Waals surface area contributed by atoms with Gasteiger partial charge in [-0.2, -0.15) is 0 Å². The Balaban J connectivity index is 0.000000133. The van der Waals surface area contributed by atoms with E-state index in [1.807, 2.05) is 144 Å². The molecule has 0 N–H and O–H groups in total. The molecule has 12 heteroatoms. The number of benzene rings is 14. The normalized spacial score (nSPS) is 11.9. The fourth-order valence-corrected chi connectivity index (χ4v) is 17.8. The molecule has 8 heterocycles. The van der Waals surface area contributed by atoms with Crippen LogP contribution in [0, 0.1) is 0 Å². The molecule has 22 rings (SSSR count). The second-order valence-corrected chi connectivity index (χ2v) is 27.6. The van der Waals surface area contributed by atoms with Gasteiger partial charge in [0.05, 0.1) is 27.8 Å². The van der Waals surface area contributed by atoms with Crippen molar-refractivity contribution in [2.75, 3.05) is 0 Å². The largest absolute Gasteiger partial charge is 0.456 e. The van der Waals surface area contributed by atoms with Gasteiger partial charge in [-0.1, -0.05) is 231 Å². The number of rotatable bonds is 8. The van der Waals surface area contributed by atoms with Gasteiger partial charge in [0.15, 0.2) is 34.9 Å². The lowest BCUT2D eigenvalue weighted by atomic mass is 10.1. The minimum absolute atomic E-state index is 0.597. The molecule has 0 aliphatic carbocycles. The molecule has 0 unspecified atom stereocenters. The molecule has 476 valence electrons. The van der Waals surface area contributed by atoms with E-state index in [4.69, 9.17) is 38.7 Å². The SMILES string of the molecule is c1ccc(-c2nc(-c3cccc(-n4c5ccccc5c5c6sc7ccccc7c6ccc54)c3)nc(-c3cccc4oc5ccccc5c34)n2)cc1.c1ccc(-c2nc(-c3ccccc3-n3c4ccccc4c4c5sc6ccccc6c5ccc43)nc(-c3cccc4oc5ccccc5c34)n2)cc1. The van der Waals surface area contributed by atoms with Gasteiger partial charge in [0.25, 0.3) is 0 Å². The number of aromatic nitrogens is 8. The summed E-state index contributed by atoms with van der Waals surface area (Å²) in [6.45, 7) is 0. The summed E-state index contributed by atoms with van der Waals surface area (Å²) in [7, 11) is 0. The summed E-state index contributed by atoms with van der Waals surface area (Å²) in [4.78, 5) is 30.9. The minimum atomic E-state index is 0.597. The van der Waals surface area contributed by atoms with Gasteiger partial charge in [0.1, 0.15) is 22.3 Å². The highest BCUT2D eigenvalue weighted by Gasteiger charge is 2.25. The highest BCUT2D eigenvalue weighted by molar-refractivity contribution is 7.27. The Morgan fingerprint density at radius 3 is 1.18 bits per heavy atom. The van der Waals surface area contributed by atoms with Gasteiger partial charge in [0.2, 0.25) is 0 Å². The maximum atomic E-state index is 6.27. The fourth-order valence-electron chi connectivity index (χ4n) is 15.2. The Labute approximate surface area is 589 Å². The summed E-state index contributed by atoms with van der Waals surface area (Å²) >= 11 is 3.73. The Kier molecular flexibility index (Phi) is 13.1. The Morgan fingerprint density at radius 2 is 0.618 bits per heavy atom. The molecule has 0 saturated carbocycles. The second-order valence-electron chi connectivity index (χ2n) is 25.5. The minimum Gasteiger partial charge on any atom is -0.456 e. The van der Waals surface area contributed by atoms with Gasteiger partial charge in [-0.3, -0.25) is 0 Å². The van der Waals surface area contributed by atoms with Gasteiger partial charge in [0, 0.05) is 123 Å². The Hall–Kier alpha value is -13.3. The molecule has 0 aliphatic rings. The van der Waals surface area contributed by atoms with Crippen LogP contribution in [0.2, 0.25) is 0 Å². The standard InChI is InChI=1S/2C45H26N4OS/c1-2-13-27(14-3-1)43-46-44(48-45(47-43)33-19-12-23-38-40(33)32-18-6-10-22-37(32)50-38)31-17-5-9-21-35(31)49-34-20-8-4-16-30(34)41-36(49)26-25-29-28-15-7-11-24-39(28)51-42(29)41;1-2-12-27(13-3-1)43-46-44(48-45(47-43)34-19-11-22-38-40(34)33-18-5-8-21-37(33)50-38)28-14-10-15-29(26-28)49-35-20-7-4-17-32(35)41-36(49)25-24-31-30-16-6-9-23-39(30)51-42(31)41/h2*1-26H. The van der Waals surface area contributed by atoms with Gasteiger partial charge >= 0.3 is 0 Å². The summed E-state index contributed by atoms with van der Waals surface area (Å²) in [5, 5.41) is 14.2. The van der Waals surface area contributed by atoms with Crippen molar-refractivity contribution in [1.82, 2.24) is 39.0 Å². The van der Waals surface area contributed by atoms with Crippen molar-refractivity contribution in [3.63, 3.8) is 0 Å². The van der Waals surface area contributed by atoms with E-state index < -0.39 is 0 Å². The fraction of sp³-hybridized carbons (Fsp3) is 0. The van der Waals surface area contributed by atoms with E-state index in [0.717, 1.165) is 105 Å². The van der Waals surface area contributed by atoms with Crippen LogP contribution in [0.4, 0.5) is 0 Å². The maximum Gasteiger partial charge on any atom is 0.166 e. The summed E-state index contributed by atoms with van der Waals surface area (Å²) in [6.07, 6.45) is 0. The molecular weight excluding hydrogens is 1290 g/mol. The molecule has 0 aliphatic heterocycles. The van der Waals surface area contributed by atoms with Crippen LogP contribution in [0.3, 0.4) is 0 Å². The molecule has 8 aromatic heterocycles. The molecule has 0 saturated heterocycles. The average molecular weight is 1340 g/mol. The van der Waals surface area contributed by atoms with E-state index in [1.54, 1.807) is 0 Å². The lowest BCUT2D eigenvalue weighted by Crippen LogP contribution is -2.03. The first-order valence-corrected chi connectivity index (χ1v) is 35.5. The van der Waals surface area contributed by atoms with E-state index in [1.165, 1.54) is 67.4 Å². The van der Waals surface area contributed by atoms with Crippen LogP contribution in [-0.2, 0) is 0 Å². The van der Waals surface area contributed by atoms with E-state index >= 15 is 0 Å². The lowest BCUT2D eigenvalue weighted by Gasteiger charge is -2.14. The third kappa shape index (κ3) is 9.17. The van der Waals surface area contributed by atoms with Crippen LogP contribution < -0.4 is 0 Å². The molecular formula is C90H52N8O2S2. The molecule has 10 nitrogen and oxygen atoms in total. The van der Waals surface area contributed by atoms with Crippen molar-refractivity contribution in [3.05, 3.63) is 315 Å². The lowest BCUT2D eigenvalue weighted by molar-refractivity contribution is 0.668. The van der Waals surface area contributed by atoms with Crippen LogP contribution in [0.15, 0.2) is 324 Å². The van der Waals surface area contributed by atoms with Gasteiger partial charge in [-0.15, -0.1) is 22.7 Å². The van der Waals surface area contributed by atoms with E-state index in [2.05, 4.69) is 203 Å². The monoisotopic (exact) mass is 1340 g/mol. The van der Waals surface area contributed by atoms with Crippen LogP contribution in [0.5, 0.6) is 0 Å². The first kappa shape index (κ1) is 57.8. The topological polar surface area (TPSA) is 113 Å². The molecule has 22 aromatic rings. The zero-order valence-electron chi connectivity index (χ0n) is 54.2. The number of hydrogen-bond donors (Lipinski definition) is 0. The van der Waals surface area contributed by atoms with E-state index in [0.29, 0.717) is 34.9 Å². The number of fused-ring (bicyclic) bond motifs is 20. The summed E-state index contributed by atoms with van der Waals surface area (Å²) < 4.78 is 22.5. The van der Waals surface area contributed by atoms with Crippen LogP contribution in [0.25, 0.3) is 208 Å². The molecule has 0 spiro atoms. The zero-order valence-corrected chi connectivity index (χ0v) is 55.9. The van der Waals surface area contributed by atoms with Crippen molar-refractivity contribution in [2.45, 2.75) is 0 Å². The van der Waals surface area contributed by atoms with Gasteiger partial charge in [-0.05, 0) is 84.9 Å². The number of hydrogen-bond acceptors (Lipinski definition) is 10. The third-order valence-corrected chi connectivity index (χ3v) is 22.1. The van der Waals surface area contributed by atoms with Crippen molar-refractivity contribution in [1.29, 1.82) is 0 Å². The predicted molar refractivity (Wildman–Crippen MR) is 421 cm³/mol. The molecule has 0 bridgehead atoms. The van der Waals surface area contributed by atoms with Crippen molar-refractivity contribution in [3.8, 4) is 79.7 Å². The molecule has 14 aromatic carbocycles. The van der Waals surface area contributed by atoms with Crippen LogP contribution in [0.1, 0.15) is 0 Å². The van der Waals surface area contributed by atoms with Crippen LogP contribution >= 0.6 is 22.7 Å². The third-order valence-electron chi connectivity index (χ3n) is 19.7. The molecule has 0 atom stereocenters. The molecule has 102 heavy (non-hydrogen) atoms. The number of para-hydroxylation sites is 5. The maximum absolute atomic E-state index is 6.27. The van der Waals surface area contributed by atoms with Gasteiger partial charge in [-0.25, -0.2) is 29.9 Å². The second kappa shape index (κ2) is 23.2. The molecule has 0 radical (unpaired) electrons. The van der Waals surface area contributed by atoms with Crippen molar-refractivity contribution < 1.29 is 8.83 Å². The number of furan rings is 2. The Bertz CT molecular complexity index is 7170. The highest BCUT2D eigenvalue weighted by atomic mass is 32.1. The van der Waals surface area contributed by atoms with Crippen molar-refractivity contribution in [2.24, 2.45) is 0 Å². The van der Waals surface area contributed by atoms with E-state index in [9.17, 15) is 0 Å². The predicted octanol–water partition coefficient (Wildman–Crippen LogP) is 24.5. The first-order chi connectivity index (χ1) is 50.6. The van der Waals surface area contributed by atoms with Crippen LogP contribution in [-0.4, -0.2) is 39.0 Å². The quantitative estimate of drug-likeness (QED) is 0.148. The summed E-state index contributed by atoms with van der Waals surface area (Å²) in [6, 6.07) is 110. The highest BCUT2D eigenvalue weighted by Crippen LogP contribution is 2.47. The zero-order chi connectivity index (χ0) is 66.9. The summed E-state index contributed by atoms with van der Waals surface area (Å²) in [5.41, 5.74) is 15.4. The molecule has 0 fully saturated rings. The van der Waals surface area contributed by atoms with Gasteiger partial charge < -0.3 is 18.0 Å². The smallest absolute Gasteiger partial charge is 0.166 e. The first-order valence-electron chi connectivity index (χ1n) is 33.9. The number of thiophene rings is 2. The average Bonchev–Trinajstić information content (AvgIpc) is 1.56.